The third kappa shape index (κ3) is 6.06. The van der Waals surface area contributed by atoms with Gasteiger partial charge in [-0.25, -0.2) is 9.59 Å². The Labute approximate surface area is 192 Å². The van der Waals surface area contributed by atoms with Crippen LogP contribution < -0.4 is 16.4 Å². The molecular weight excluding hydrogens is 448 g/mol. The Morgan fingerprint density at radius 2 is 1.91 bits per heavy atom. The van der Waals surface area contributed by atoms with Gasteiger partial charge in [0.05, 0.1) is 16.5 Å². The number of non-ortho nitro benzene ring substituents is 1. The van der Waals surface area contributed by atoms with Crippen LogP contribution in [0.2, 0.25) is 0 Å². The van der Waals surface area contributed by atoms with Gasteiger partial charge >= 0.3 is 17.8 Å². The maximum absolute atomic E-state index is 12.0. The number of nitrogens with zero attached hydrogens (tertiary/aromatic N) is 2. The molecule has 0 bridgehead atoms. The first-order chi connectivity index (χ1) is 16.1. The number of nitrogens with one attached hydrogen (secondary N) is 2. The number of amides is 3. The lowest BCUT2D eigenvalue weighted by Gasteiger charge is -2.10. The monoisotopic (exact) mass is 470 g/mol. The molecule has 178 valence electrons. The second-order valence-electron chi connectivity index (χ2n) is 7.51. The summed E-state index contributed by atoms with van der Waals surface area (Å²) in [5.74, 6) is -2.20. The molecule has 0 unspecified atom stereocenters. The van der Waals surface area contributed by atoms with Crippen LogP contribution in [-0.2, 0) is 20.9 Å². The van der Waals surface area contributed by atoms with Crippen LogP contribution in [0.15, 0.2) is 45.6 Å². The van der Waals surface area contributed by atoms with Gasteiger partial charge in [0.15, 0.2) is 12.2 Å². The van der Waals surface area contributed by atoms with Gasteiger partial charge < -0.3 is 14.5 Å². The second kappa shape index (κ2) is 10.4. The fraction of sp³-hybridized carbons (Fsp3) is 0.273. The van der Waals surface area contributed by atoms with Crippen molar-refractivity contribution in [2.45, 2.75) is 33.2 Å². The van der Waals surface area contributed by atoms with Crippen LogP contribution in [0.3, 0.4) is 0 Å². The zero-order valence-electron chi connectivity index (χ0n) is 18.5. The van der Waals surface area contributed by atoms with E-state index in [1.165, 1.54) is 16.7 Å². The number of esters is 1. The van der Waals surface area contributed by atoms with Crippen molar-refractivity contribution in [1.29, 1.82) is 0 Å². The molecule has 0 aliphatic heterocycles. The predicted molar refractivity (Wildman–Crippen MR) is 120 cm³/mol. The molecule has 0 aliphatic carbocycles. The number of carbonyl (C=O) groups excluding carboxylic acids is 3. The quantitative estimate of drug-likeness (QED) is 0.288. The lowest BCUT2D eigenvalue weighted by molar-refractivity contribution is -0.384. The molecule has 2 N–H and O–H groups in total. The number of oxazole rings is 1. The number of anilines is 1. The fourth-order valence-corrected chi connectivity index (χ4v) is 3.25. The van der Waals surface area contributed by atoms with E-state index in [1.807, 2.05) is 26.0 Å². The average Bonchev–Trinajstić information content (AvgIpc) is 3.08. The van der Waals surface area contributed by atoms with Crippen molar-refractivity contribution in [1.82, 2.24) is 9.88 Å². The summed E-state index contributed by atoms with van der Waals surface area (Å²) in [5, 5.41) is 15.5. The first kappa shape index (κ1) is 24.2. The minimum Gasteiger partial charge on any atom is -0.456 e. The molecule has 0 fully saturated rings. The number of fused-ring (bicyclic) bond motifs is 1. The number of hydrogen-bond acceptors (Lipinski definition) is 8. The van der Waals surface area contributed by atoms with Gasteiger partial charge in [0.25, 0.3) is 11.6 Å². The van der Waals surface area contributed by atoms with Crippen LogP contribution in [0, 0.1) is 24.0 Å². The number of nitro groups is 1. The van der Waals surface area contributed by atoms with Crippen molar-refractivity contribution in [2.75, 3.05) is 11.9 Å². The minimum absolute atomic E-state index is 0.0672. The maximum atomic E-state index is 12.0. The highest BCUT2D eigenvalue weighted by molar-refractivity contribution is 6.02. The Morgan fingerprint density at radius 1 is 1.15 bits per heavy atom. The summed E-state index contributed by atoms with van der Waals surface area (Å²) >= 11 is 0. The standard InChI is InChI=1S/C22H22N4O8/c1-13-5-7-16(14(2)10-13)23-21(29)24-19(27)12-33-20(28)4-3-9-25-17-8-6-15(26(31)32)11-18(17)34-22(25)30/h5-8,10-11H,3-4,9,12H2,1-2H3,(H2,23,24,27,29). The van der Waals surface area contributed by atoms with E-state index in [2.05, 4.69) is 10.6 Å². The highest BCUT2D eigenvalue weighted by Gasteiger charge is 2.15. The first-order valence-electron chi connectivity index (χ1n) is 10.3. The summed E-state index contributed by atoms with van der Waals surface area (Å²) in [5.41, 5.74) is 2.62. The van der Waals surface area contributed by atoms with Crippen molar-refractivity contribution in [3.05, 3.63) is 68.2 Å². The zero-order valence-corrected chi connectivity index (χ0v) is 18.5. The minimum atomic E-state index is -0.797. The van der Waals surface area contributed by atoms with Gasteiger partial charge in [-0.15, -0.1) is 0 Å². The van der Waals surface area contributed by atoms with Crippen LogP contribution in [0.5, 0.6) is 0 Å². The van der Waals surface area contributed by atoms with Gasteiger partial charge in [0.1, 0.15) is 0 Å². The molecule has 3 amide bonds. The average molecular weight is 470 g/mol. The summed E-state index contributed by atoms with van der Waals surface area (Å²) in [6.45, 7) is 3.19. The molecule has 0 aliphatic rings. The molecule has 1 heterocycles. The van der Waals surface area contributed by atoms with Crippen LogP contribution in [0.4, 0.5) is 16.2 Å². The van der Waals surface area contributed by atoms with E-state index in [0.29, 0.717) is 11.2 Å². The van der Waals surface area contributed by atoms with Crippen LogP contribution in [-0.4, -0.2) is 34.0 Å². The van der Waals surface area contributed by atoms with Crippen molar-refractivity contribution in [2.24, 2.45) is 0 Å². The van der Waals surface area contributed by atoms with Crippen LogP contribution >= 0.6 is 0 Å². The Kier molecular flexibility index (Phi) is 7.41. The van der Waals surface area contributed by atoms with Crippen molar-refractivity contribution in [3.63, 3.8) is 0 Å². The van der Waals surface area contributed by atoms with Crippen molar-refractivity contribution < 1.29 is 28.5 Å². The van der Waals surface area contributed by atoms with Gasteiger partial charge in [0.2, 0.25) is 0 Å². The number of benzene rings is 2. The summed E-state index contributed by atoms with van der Waals surface area (Å²) in [6, 6.07) is 8.45. The number of aryl methyl sites for hydroxylation is 3. The fourth-order valence-electron chi connectivity index (χ4n) is 3.25. The largest absolute Gasteiger partial charge is 0.456 e. The molecule has 0 atom stereocenters. The van der Waals surface area contributed by atoms with Gasteiger partial charge in [-0.1, -0.05) is 17.7 Å². The number of ether oxygens (including phenoxy) is 1. The number of aromatic nitrogens is 1. The summed E-state index contributed by atoms with van der Waals surface area (Å²) in [6.07, 6.45) is 0.0906. The highest BCUT2D eigenvalue weighted by Crippen LogP contribution is 2.20. The van der Waals surface area contributed by atoms with Gasteiger partial charge in [0, 0.05) is 24.7 Å². The summed E-state index contributed by atoms with van der Waals surface area (Å²) < 4.78 is 11.1. The number of carbonyl (C=O) groups is 3. The van der Waals surface area contributed by atoms with Crippen molar-refractivity contribution in [3.8, 4) is 0 Å². The Bertz CT molecular complexity index is 1320. The highest BCUT2D eigenvalue weighted by atomic mass is 16.6. The lowest BCUT2D eigenvalue weighted by Crippen LogP contribution is -2.37. The Morgan fingerprint density at radius 3 is 2.62 bits per heavy atom. The number of nitro benzene ring substituents is 1. The maximum Gasteiger partial charge on any atom is 0.419 e. The van der Waals surface area contributed by atoms with E-state index in [9.17, 15) is 29.3 Å². The third-order valence-electron chi connectivity index (χ3n) is 4.87. The SMILES string of the molecule is Cc1ccc(NC(=O)NC(=O)COC(=O)CCCn2c(=O)oc3cc([N+](=O)[O-])ccc32)c(C)c1. The van der Waals surface area contributed by atoms with E-state index >= 15 is 0 Å². The Balaban J connectivity index is 1.43. The number of rotatable bonds is 8. The van der Waals surface area contributed by atoms with E-state index in [-0.39, 0.29) is 30.7 Å². The predicted octanol–water partition coefficient (Wildman–Crippen LogP) is 2.79. The van der Waals surface area contributed by atoms with Gasteiger partial charge in [-0.2, -0.15) is 0 Å². The molecular formula is C22H22N4O8. The molecule has 0 saturated carbocycles. The zero-order chi connectivity index (χ0) is 24.8. The first-order valence-corrected chi connectivity index (χ1v) is 10.3. The van der Waals surface area contributed by atoms with E-state index in [1.54, 1.807) is 6.07 Å². The van der Waals surface area contributed by atoms with E-state index in [0.717, 1.165) is 17.2 Å². The second-order valence-corrected chi connectivity index (χ2v) is 7.51. The molecule has 1 aromatic heterocycles. The lowest BCUT2D eigenvalue weighted by atomic mass is 10.1. The smallest absolute Gasteiger partial charge is 0.419 e. The molecule has 3 aromatic rings. The van der Waals surface area contributed by atoms with Crippen LogP contribution in [0.25, 0.3) is 11.1 Å². The molecule has 0 saturated heterocycles. The van der Waals surface area contributed by atoms with Crippen molar-refractivity contribution >= 4 is 40.4 Å². The Hall–Kier alpha value is -4.48. The number of hydrogen-bond donors (Lipinski definition) is 2. The summed E-state index contributed by atoms with van der Waals surface area (Å²) in [4.78, 5) is 57.9. The molecule has 12 heteroatoms. The number of urea groups is 1. The van der Waals surface area contributed by atoms with E-state index in [4.69, 9.17) is 9.15 Å². The van der Waals surface area contributed by atoms with Crippen LogP contribution in [0.1, 0.15) is 24.0 Å². The molecule has 2 aromatic carbocycles. The number of imide groups is 1. The van der Waals surface area contributed by atoms with E-state index < -0.39 is 35.2 Å². The molecule has 0 radical (unpaired) electrons. The molecule has 0 spiro atoms. The third-order valence-corrected chi connectivity index (χ3v) is 4.87. The molecule has 34 heavy (non-hydrogen) atoms. The summed E-state index contributed by atoms with van der Waals surface area (Å²) in [7, 11) is 0. The molecule has 12 nitrogen and oxygen atoms in total. The molecule has 3 rings (SSSR count). The van der Waals surface area contributed by atoms with Gasteiger partial charge in [-0.3, -0.25) is 29.6 Å². The normalized spacial score (nSPS) is 10.6. The van der Waals surface area contributed by atoms with Gasteiger partial charge in [-0.05, 0) is 38.0 Å². The topological polar surface area (TPSA) is 163 Å².